The highest BCUT2D eigenvalue weighted by Crippen LogP contribution is 2.33. The lowest BCUT2D eigenvalue weighted by atomic mass is 9.76. The summed E-state index contributed by atoms with van der Waals surface area (Å²) in [6, 6.07) is 0. The average Bonchev–Trinajstić information content (AvgIpc) is 3.14. The number of nitrogens with one attached hydrogen (secondary N) is 2. The molecule has 0 spiro atoms. The first-order valence-corrected chi connectivity index (χ1v) is 7.26. The lowest BCUT2D eigenvalue weighted by Crippen LogP contribution is -2.43. The molecule has 0 aromatic rings. The van der Waals surface area contributed by atoms with E-state index < -0.39 is 0 Å². The van der Waals surface area contributed by atoms with Gasteiger partial charge in [-0.2, -0.15) is 0 Å². The molecule has 2 heteroatoms. The lowest BCUT2D eigenvalue weighted by molar-refractivity contribution is 0.186. The second-order valence-electron chi connectivity index (χ2n) is 5.87. The molecule has 0 aromatic heterocycles. The monoisotopic (exact) mass is 224 g/mol. The van der Waals surface area contributed by atoms with Crippen molar-refractivity contribution in [3.8, 4) is 0 Å². The first-order chi connectivity index (χ1) is 7.85. The fourth-order valence-electron chi connectivity index (χ4n) is 2.89. The van der Waals surface area contributed by atoms with Gasteiger partial charge < -0.3 is 10.6 Å². The molecule has 0 bridgehead atoms. The van der Waals surface area contributed by atoms with Gasteiger partial charge in [-0.1, -0.05) is 19.8 Å². The van der Waals surface area contributed by atoms with E-state index in [4.69, 9.17) is 0 Å². The fraction of sp³-hybridized carbons (Fsp3) is 1.00. The number of hydrogen-bond donors (Lipinski definition) is 2. The normalized spacial score (nSPS) is 24.6. The van der Waals surface area contributed by atoms with Gasteiger partial charge in [0.2, 0.25) is 0 Å². The summed E-state index contributed by atoms with van der Waals surface area (Å²) in [4.78, 5) is 0. The van der Waals surface area contributed by atoms with Crippen LogP contribution in [0, 0.1) is 11.3 Å². The van der Waals surface area contributed by atoms with Crippen molar-refractivity contribution in [1.82, 2.24) is 10.6 Å². The first-order valence-electron chi connectivity index (χ1n) is 7.26. The average molecular weight is 224 g/mol. The summed E-state index contributed by atoms with van der Waals surface area (Å²) < 4.78 is 0. The van der Waals surface area contributed by atoms with E-state index in [1.165, 1.54) is 71.1 Å². The third-order valence-corrected chi connectivity index (χ3v) is 4.58. The number of rotatable bonds is 7. The van der Waals surface area contributed by atoms with Crippen LogP contribution in [0.1, 0.15) is 51.9 Å². The number of hydrogen-bond acceptors (Lipinski definition) is 2. The van der Waals surface area contributed by atoms with Gasteiger partial charge in [0.1, 0.15) is 0 Å². The Morgan fingerprint density at radius 2 is 2.00 bits per heavy atom. The van der Waals surface area contributed by atoms with E-state index in [1.54, 1.807) is 0 Å². The Balaban J connectivity index is 1.57. The predicted octanol–water partition coefficient (Wildman–Crippen LogP) is 2.55. The molecule has 2 N–H and O–H groups in total. The van der Waals surface area contributed by atoms with Crippen molar-refractivity contribution in [1.29, 1.82) is 0 Å². The highest BCUT2D eigenvalue weighted by molar-refractivity contribution is 4.85. The van der Waals surface area contributed by atoms with Crippen molar-refractivity contribution in [2.24, 2.45) is 11.3 Å². The van der Waals surface area contributed by atoms with Gasteiger partial charge in [-0.15, -0.1) is 0 Å². The quantitative estimate of drug-likeness (QED) is 0.649. The van der Waals surface area contributed by atoms with Crippen molar-refractivity contribution in [2.45, 2.75) is 51.9 Å². The van der Waals surface area contributed by atoms with Crippen LogP contribution < -0.4 is 10.6 Å². The second-order valence-corrected chi connectivity index (χ2v) is 5.87. The van der Waals surface area contributed by atoms with E-state index in [1.807, 2.05) is 0 Å². The van der Waals surface area contributed by atoms with Crippen molar-refractivity contribution >= 4 is 0 Å². The molecule has 0 atom stereocenters. The van der Waals surface area contributed by atoms with E-state index in [0.717, 1.165) is 5.92 Å². The van der Waals surface area contributed by atoms with Gasteiger partial charge in [0.15, 0.2) is 0 Å². The number of piperidine rings is 1. The molecule has 0 aromatic carbocycles. The summed E-state index contributed by atoms with van der Waals surface area (Å²) in [5.74, 6) is 1.10. The van der Waals surface area contributed by atoms with Crippen LogP contribution in [0.5, 0.6) is 0 Å². The molecule has 1 heterocycles. The van der Waals surface area contributed by atoms with E-state index >= 15 is 0 Å². The highest BCUT2D eigenvalue weighted by atomic mass is 14.9. The fourth-order valence-corrected chi connectivity index (χ4v) is 2.89. The topological polar surface area (TPSA) is 24.1 Å². The summed E-state index contributed by atoms with van der Waals surface area (Å²) >= 11 is 0. The zero-order valence-electron chi connectivity index (χ0n) is 10.9. The summed E-state index contributed by atoms with van der Waals surface area (Å²) in [5.41, 5.74) is 0.602. The molecule has 1 saturated heterocycles. The molecular formula is C14H28N2. The van der Waals surface area contributed by atoms with Gasteiger partial charge in [-0.05, 0) is 63.1 Å². The molecule has 2 aliphatic rings. The molecule has 94 valence electrons. The molecule has 0 radical (unpaired) electrons. The van der Waals surface area contributed by atoms with Crippen molar-refractivity contribution in [3.05, 3.63) is 0 Å². The van der Waals surface area contributed by atoms with Gasteiger partial charge in [0.05, 0.1) is 0 Å². The molecule has 2 nitrogen and oxygen atoms in total. The van der Waals surface area contributed by atoms with Crippen LogP contribution in [0.15, 0.2) is 0 Å². The van der Waals surface area contributed by atoms with Crippen LogP contribution in [0.3, 0.4) is 0 Å². The minimum absolute atomic E-state index is 0.602. The minimum Gasteiger partial charge on any atom is -0.317 e. The van der Waals surface area contributed by atoms with E-state index in [9.17, 15) is 0 Å². The van der Waals surface area contributed by atoms with Crippen LogP contribution in [-0.2, 0) is 0 Å². The highest BCUT2D eigenvalue weighted by Gasteiger charge is 2.29. The zero-order valence-corrected chi connectivity index (χ0v) is 10.9. The minimum atomic E-state index is 0.602. The molecule has 1 aliphatic carbocycles. The van der Waals surface area contributed by atoms with Crippen LogP contribution in [0.25, 0.3) is 0 Å². The smallest absolute Gasteiger partial charge is 0.000866 e. The Kier molecular flexibility index (Phi) is 4.66. The Morgan fingerprint density at radius 3 is 2.62 bits per heavy atom. The standard InChI is InChI=1S/C14H28N2/c1-2-14(7-10-15-11-8-14)12-16-9-3-4-13-5-6-13/h13,15-16H,2-12H2,1H3. The Bertz CT molecular complexity index is 193. The molecule has 16 heavy (non-hydrogen) atoms. The van der Waals surface area contributed by atoms with Crippen LogP contribution >= 0.6 is 0 Å². The molecule has 1 saturated carbocycles. The summed E-state index contributed by atoms with van der Waals surface area (Å²) in [6.07, 6.45) is 9.92. The SMILES string of the molecule is CCC1(CNCCCC2CC2)CCNCC1. The molecule has 0 amide bonds. The van der Waals surface area contributed by atoms with Crippen LogP contribution in [0.4, 0.5) is 0 Å². The molecule has 1 aliphatic heterocycles. The van der Waals surface area contributed by atoms with E-state index in [2.05, 4.69) is 17.6 Å². The van der Waals surface area contributed by atoms with Crippen molar-refractivity contribution in [3.63, 3.8) is 0 Å². The maximum absolute atomic E-state index is 3.70. The second kappa shape index (κ2) is 6.02. The Hall–Kier alpha value is -0.0800. The summed E-state index contributed by atoms with van der Waals surface area (Å²) in [6.45, 7) is 7.29. The summed E-state index contributed by atoms with van der Waals surface area (Å²) in [5, 5.41) is 7.17. The van der Waals surface area contributed by atoms with Crippen LogP contribution in [0.2, 0.25) is 0 Å². The van der Waals surface area contributed by atoms with E-state index in [-0.39, 0.29) is 0 Å². The zero-order chi connectivity index (χ0) is 11.3. The Morgan fingerprint density at radius 1 is 1.25 bits per heavy atom. The van der Waals surface area contributed by atoms with Crippen molar-refractivity contribution in [2.75, 3.05) is 26.2 Å². The van der Waals surface area contributed by atoms with Gasteiger partial charge >= 0.3 is 0 Å². The largest absolute Gasteiger partial charge is 0.317 e. The summed E-state index contributed by atoms with van der Waals surface area (Å²) in [7, 11) is 0. The first kappa shape index (κ1) is 12.4. The lowest BCUT2D eigenvalue weighted by Gasteiger charge is -2.37. The molecule has 2 fully saturated rings. The van der Waals surface area contributed by atoms with Gasteiger partial charge in [0, 0.05) is 6.54 Å². The predicted molar refractivity (Wildman–Crippen MR) is 69.7 cm³/mol. The van der Waals surface area contributed by atoms with Gasteiger partial charge in [-0.3, -0.25) is 0 Å². The molecule has 0 unspecified atom stereocenters. The van der Waals surface area contributed by atoms with Crippen molar-refractivity contribution < 1.29 is 0 Å². The maximum Gasteiger partial charge on any atom is 0.000866 e. The Labute approximate surface area is 101 Å². The van der Waals surface area contributed by atoms with Gasteiger partial charge in [0.25, 0.3) is 0 Å². The van der Waals surface area contributed by atoms with E-state index in [0.29, 0.717) is 5.41 Å². The molecular weight excluding hydrogens is 196 g/mol. The maximum atomic E-state index is 3.70. The van der Waals surface area contributed by atoms with Crippen LogP contribution in [-0.4, -0.2) is 26.2 Å². The van der Waals surface area contributed by atoms with Gasteiger partial charge in [-0.25, -0.2) is 0 Å². The third-order valence-electron chi connectivity index (χ3n) is 4.58. The molecule has 2 rings (SSSR count). The third kappa shape index (κ3) is 3.74.